The van der Waals surface area contributed by atoms with Crippen molar-refractivity contribution in [1.29, 1.82) is 0 Å². The van der Waals surface area contributed by atoms with Gasteiger partial charge in [0.2, 0.25) is 5.78 Å². The SMILES string of the molecule is COCCCN1C[C@@]2(CC[C@H]3[C@]45C=C[C@@]6(C=C4C(=O)c4ccco4)C[C@@H](O)CC[C@]6(C)[C@H]5CC[C@@]32C)OC1=O. The maximum Gasteiger partial charge on any atom is 0.410 e. The Kier molecular flexibility index (Phi) is 5.46. The molecule has 2 bridgehead atoms. The van der Waals surface area contributed by atoms with Crippen LogP contribution in [0, 0.1) is 33.5 Å². The smallest absolute Gasteiger partial charge is 0.410 e. The number of nitrogens with zero attached hydrogens (tertiary/aromatic N) is 1. The lowest BCUT2D eigenvalue weighted by Crippen LogP contribution is -2.67. The van der Waals surface area contributed by atoms with Crippen LogP contribution in [0.3, 0.4) is 0 Å². The number of rotatable bonds is 6. The highest BCUT2D eigenvalue weighted by atomic mass is 16.6. The summed E-state index contributed by atoms with van der Waals surface area (Å²) >= 11 is 0. The molecule has 1 saturated heterocycles. The summed E-state index contributed by atoms with van der Waals surface area (Å²) < 4.78 is 17.3. The van der Waals surface area contributed by atoms with Gasteiger partial charge in [0.25, 0.3) is 0 Å². The average Bonchev–Trinajstić information content (AvgIpc) is 3.63. The summed E-state index contributed by atoms with van der Waals surface area (Å²) in [6, 6.07) is 3.54. The van der Waals surface area contributed by atoms with E-state index in [1.807, 2.05) is 4.90 Å². The van der Waals surface area contributed by atoms with Crippen molar-refractivity contribution in [3.63, 3.8) is 0 Å². The summed E-state index contributed by atoms with van der Waals surface area (Å²) in [5.74, 6) is 0.787. The Hall–Kier alpha value is -2.38. The Morgan fingerprint density at radius 3 is 2.67 bits per heavy atom. The molecule has 1 N–H and O–H groups in total. The number of hydrogen-bond acceptors (Lipinski definition) is 6. The van der Waals surface area contributed by atoms with E-state index in [0.29, 0.717) is 31.9 Å². The number of methoxy groups -OCH3 is 1. The fraction of sp³-hybridized carbons (Fsp3) is 0.688. The van der Waals surface area contributed by atoms with Gasteiger partial charge in [0.05, 0.1) is 18.9 Å². The van der Waals surface area contributed by atoms with Crippen LogP contribution in [0.5, 0.6) is 0 Å². The second-order valence-corrected chi connectivity index (χ2v) is 13.7. The lowest BCUT2D eigenvalue weighted by atomic mass is 9.32. The summed E-state index contributed by atoms with van der Waals surface area (Å²) in [4.78, 5) is 29.2. The summed E-state index contributed by atoms with van der Waals surface area (Å²) in [6.45, 7) is 6.59. The maximum absolute atomic E-state index is 14.3. The van der Waals surface area contributed by atoms with Gasteiger partial charge in [-0.3, -0.25) is 4.79 Å². The van der Waals surface area contributed by atoms with E-state index in [2.05, 4.69) is 32.1 Å². The molecular weight excluding hydrogens is 494 g/mol. The number of fused-ring (bicyclic) bond motifs is 2. The largest absolute Gasteiger partial charge is 0.461 e. The number of carbonyl (C=O) groups is 2. The topological polar surface area (TPSA) is 89.2 Å². The highest BCUT2D eigenvalue weighted by Gasteiger charge is 2.76. The Morgan fingerprint density at radius 2 is 1.90 bits per heavy atom. The van der Waals surface area contributed by atoms with Gasteiger partial charge in [-0.15, -0.1) is 0 Å². The Balaban J connectivity index is 1.33. The first kappa shape index (κ1) is 25.6. The van der Waals surface area contributed by atoms with Crippen molar-refractivity contribution >= 4 is 11.9 Å². The predicted molar refractivity (Wildman–Crippen MR) is 144 cm³/mol. The number of allylic oxidation sites excluding steroid dienone is 4. The number of ketones is 1. The zero-order chi connectivity index (χ0) is 27.3. The molecule has 4 fully saturated rings. The maximum atomic E-state index is 14.3. The molecule has 7 heteroatoms. The molecule has 3 saturated carbocycles. The number of carbonyl (C=O) groups excluding carboxylic acids is 2. The molecule has 3 spiro atoms. The summed E-state index contributed by atoms with van der Waals surface area (Å²) in [5, 5.41) is 10.8. The molecule has 0 radical (unpaired) electrons. The van der Waals surface area contributed by atoms with Gasteiger partial charge in [-0.25, -0.2) is 4.79 Å². The Labute approximate surface area is 230 Å². The summed E-state index contributed by atoms with van der Waals surface area (Å²) in [7, 11) is 1.68. The summed E-state index contributed by atoms with van der Waals surface area (Å²) in [5.41, 5.74) is -0.797. The predicted octanol–water partition coefficient (Wildman–Crippen LogP) is 5.55. The number of ether oxygens (including phenoxy) is 2. The number of furan rings is 1. The molecule has 6 aliphatic carbocycles. The third kappa shape index (κ3) is 3.06. The number of amides is 1. The van der Waals surface area contributed by atoms with Gasteiger partial charge in [0.15, 0.2) is 5.76 Å². The van der Waals surface area contributed by atoms with Crippen LogP contribution in [-0.2, 0) is 9.47 Å². The van der Waals surface area contributed by atoms with Crippen molar-refractivity contribution in [3.05, 3.63) is 48.0 Å². The van der Waals surface area contributed by atoms with Gasteiger partial charge in [-0.1, -0.05) is 32.1 Å². The van der Waals surface area contributed by atoms with E-state index in [4.69, 9.17) is 13.9 Å². The lowest BCUT2D eigenvalue weighted by molar-refractivity contribution is -0.164. The third-order valence-corrected chi connectivity index (χ3v) is 12.4. The molecule has 7 aliphatic rings. The van der Waals surface area contributed by atoms with Gasteiger partial charge in [0, 0.05) is 42.1 Å². The number of hydrogen-bond donors (Lipinski definition) is 1. The lowest BCUT2D eigenvalue weighted by Gasteiger charge is -2.71. The minimum absolute atomic E-state index is 0.0364. The second-order valence-electron chi connectivity index (χ2n) is 13.7. The van der Waals surface area contributed by atoms with Crippen LogP contribution in [0.25, 0.3) is 0 Å². The van der Waals surface area contributed by atoms with Crippen LogP contribution in [0.2, 0.25) is 0 Å². The Bertz CT molecular complexity index is 1250. The van der Waals surface area contributed by atoms with E-state index in [-0.39, 0.29) is 46.1 Å². The van der Waals surface area contributed by atoms with E-state index in [9.17, 15) is 14.7 Å². The van der Waals surface area contributed by atoms with E-state index < -0.39 is 11.0 Å². The van der Waals surface area contributed by atoms with Crippen LogP contribution >= 0.6 is 0 Å². The molecule has 2 heterocycles. The monoisotopic (exact) mass is 535 g/mol. The normalized spacial score (nSPS) is 45.6. The van der Waals surface area contributed by atoms with E-state index in [1.165, 1.54) is 0 Å². The second kappa shape index (κ2) is 8.32. The third-order valence-electron chi connectivity index (χ3n) is 12.4. The van der Waals surface area contributed by atoms with E-state index >= 15 is 0 Å². The van der Waals surface area contributed by atoms with Gasteiger partial charge < -0.3 is 23.9 Å². The fourth-order valence-corrected chi connectivity index (χ4v) is 10.5. The molecule has 0 unspecified atom stereocenters. The standard InChI is InChI=1S/C32H41NO6/c1-28-10-7-21(34)18-30(28)13-14-32(22(19-30)26(35)23-6-4-17-38-23)24(28)8-11-29(2)25(32)9-12-31(29)20-33(27(36)39-31)15-5-16-37-3/h4,6,13-14,17,19,21,24-25,34H,5,7-12,15-16,18,20H2,1-3H3/t21-,24+,25+,28+,29-,30-,31+,32+/m0/s1. The van der Waals surface area contributed by atoms with Gasteiger partial charge in [-0.05, 0) is 80.8 Å². The molecule has 8 atom stereocenters. The molecule has 1 aliphatic heterocycles. The molecule has 39 heavy (non-hydrogen) atoms. The van der Waals surface area contributed by atoms with Crippen LogP contribution in [0.4, 0.5) is 4.79 Å². The molecule has 1 amide bonds. The molecule has 7 nitrogen and oxygen atoms in total. The molecule has 0 aromatic carbocycles. The minimum atomic E-state index is -0.552. The first-order chi connectivity index (χ1) is 18.6. The van der Waals surface area contributed by atoms with Crippen molar-refractivity contribution in [2.75, 3.05) is 26.8 Å². The zero-order valence-corrected chi connectivity index (χ0v) is 23.4. The average molecular weight is 536 g/mol. The molecule has 8 rings (SSSR count). The van der Waals surface area contributed by atoms with Crippen LogP contribution in [-0.4, -0.2) is 60.4 Å². The van der Waals surface area contributed by atoms with Crippen molar-refractivity contribution in [2.24, 2.45) is 33.5 Å². The molecular formula is C32H41NO6. The number of aliphatic hydroxyl groups excluding tert-OH is 1. The minimum Gasteiger partial charge on any atom is -0.461 e. The van der Waals surface area contributed by atoms with E-state index in [0.717, 1.165) is 50.5 Å². The molecule has 1 aromatic heterocycles. The van der Waals surface area contributed by atoms with Crippen molar-refractivity contribution in [1.82, 2.24) is 4.90 Å². The van der Waals surface area contributed by atoms with Crippen molar-refractivity contribution in [2.45, 2.75) is 76.9 Å². The number of Topliss-reactive ketones (excluding diaryl/α,β-unsaturated/α-hetero) is 1. The fourth-order valence-electron chi connectivity index (χ4n) is 10.5. The van der Waals surface area contributed by atoms with Crippen LogP contribution < -0.4 is 0 Å². The van der Waals surface area contributed by atoms with Crippen LogP contribution in [0.15, 0.2) is 46.6 Å². The molecule has 210 valence electrons. The van der Waals surface area contributed by atoms with Crippen LogP contribution in [0.1, 0.15) is 75.8 Å². The Morgan fingerprint density at radius 1 is 1.13 bits per heavy atom. The van der Waals surface area contributed by atoms with Gasteiger partial charge in [0.1, 0.15) is 5.60 Å². The van der Waals surface area contributed by atoms with Gasteiger partial charge >= 0.3 is 6.09 Å². The van der Waals surface area contributed by atoms with Crippen molar-refractivity contribution in [3.8, 4) is 0 Å². The first-order valence-electron chi connectivity index (χ1n) is 14.8. The highest BCUT2D eigenvalue weighted by Crippen LogP contribution is 2.79. The zero-order valence-electron chi connectivity index (χ0n) is 23.4. The number of aliphatic hydroxyl groups is 1. The van der Waals surface area contributed by atoms with E-state index in [1.54, 1.807) is 25.5 Å². The van der Waals surface area contributed by atoms with Gasteiger partial charge in [-0.2, -0.15) is 0 Å². The first-order valence-corrected chi connectivity index (χ1v) is 14.8. The molecule has 1 aromatic rings. The highest BCUT2D eigenvalue weighted by molar-refractivity contribution is 6.08. The summed E-state index contributed by atoms with van der Waals surface area (Å²) in [6.07, 6.45) is 14.8. The van der Waals surface area contributed by atoms with Crippen molar-refractivity contribution < 1.29 is 28.6 Å². The quantitative estimate of drug-likeness (QED) is 0.292.